The number of carbonyl (C=O) groups excluding carboxylic acids is 1. The largest absolute Gasteiger partial charge is 0.480 e. The number of halogens is 1. The van der Waals surface area contributed by atoms with Crippen LogP contribution in [0.1, 0.15) is 25.0 Å². The van der Waals surface area contributed by atoms with Crippen molar-refractivity contribution in [2.24, 2.45) is 0 Å². The van der Waals surface area contributed by atoms with Crippen LogP contribution < -0.4 is 5.32 Å². The molecule has 0 aromatic heterocycles. The second kappa shape index (κ2) is 5.40. The number of nitrogens with one attached hydrogen (secondary N) is 1. The lowest BCUT2D eigenvalue weighted by Gasteiger charge is -2.21. The molecule has 2 N–H and O–H groups in total. The Bertz CT molecular complexity index is 483. The van der Waals surface area contributed by atoms with E-state index >= 15 is 0 Å². The highest BCUT2D eigenvalue weighted by Gasteiger charge is 2.28. The van der Waals surface area contributed by atoms with Gasteiger partial charge in [0.2, 0.25) is 5.91 Å². The topological polar surface area (TPSA) is 66.4 Å². The van der Waals surface area contributed by atoms with Gasteiger partial charge in [-0.15, -0.1) is 0 Å². The SMILES string of the molecule is Cc1cc(Cl)ccc1CC(=O)NC(C)(C)C(=O)O. The summed E-state index contributed by atoms with van der Waals surface area (Å²) in [5, 5.41) is 12.0. The number of aliphatic carboxylic acids is 1. The Morgan fingerprint density at radius 1 is 1.39 bits per heavy atom. The van der Waals surface area contributed by atoms with E-state index in [2.05, 4.69) is 5.32 Å². The van der Waals surface area contributed by atoms with E-state index in [9.17, 15) is 9.59 Å². The molecular weight excluding hydrogens is 254 g/mol. The third-order valence-corrected chi connectivity index (χ3v) is 2.88. The zero-order valence-electron chi connectivity index (χ0n) is 10.6. The number of hydrogen-bond acceptors (Lipinski definition) is 2. The normalized spacial score (nSPS) is 11.1. The van der Waals surface area contributed by atoms with Gasteiger partial charge in [-0.1, -0.05) is 17.7 Å². The van der Waals surface area contributed by atoms with E-state index in [0.717, 1.165) is 11.1 Å². The predicted molar refractivity (Wildman–Crippen MR) is 69.8 cm³/mol. The standard InChI is InChI=1S/C13H16ClNO3/c1-8-6-10(14)5-4-9(8)7-11(16)15-13(2,3)12(17)18/h4-6H,7H2,1-3H3,(H,15,16)(H,17,18). The molecule has 0 aliphatic carbocycles. The third-order valence-electron chi connectivity index (χ3n) is 2.64. The van der Waals surface area contributed by atoms with Crippen LogP contribution in [0.15, 0.2) is 18.2 Å². The Balaban J connectivity index is 2.74. The summed E-state index contributed by atoms with van der Waals surface area (Å²) in [7, 11) is 0. The fourth-order valence-corrected chi connectivity index (χ4v) is 1.70. The van der Waals surface area contributed by atoms with E-state index in [4.69, 9.17) is 16.7 Å². The highest BCUT2D eigenvalue weighted by Crippen LogP contribution is 2.16. The molecule has 4 nitrogen and oxygen atoms in total. The van der Waals surface area contributed by atoms with Gasteiger partial charge in [0.05, 0.1) is 6.42 Å². The lowest BCUT2D eigenvalue weighted by Crippen LogP contribution is -2.50. The molecule has 1 amide bonds. The van der Waals surface area contributed by atoms with E-state index in [1.807, 2.05) is 6.92 Å². The van der Waals surface area contributed by atoms with Gasteiger partial charge in [0.1, 0.15) is 5.54 Å². The number of hydrogen-bond donors (Lipinski definition) is 2. The Morgan fingerprint density at radius 2 is 2.00 bits per heavy atom. The molecule has 0 fully saturated rings. The van der Waals surface area contributed by atoms with Crippen LogP contribution in [0.25, 0.3) is 0 Å². The molecule has 1 aromatic carbocycles. The molecule has 98 valence electrons. The van der Waals surface area contributed by atoms with Crippen LogP contribution in [0.3, 0.4) is 0 Å². The van der Waals surface area contributed by atoms with Crippen LogP contribution in [-0.4, -0.2) is 22.5 Å². The molecule has 0 saturated carbocycles. The average molecular weight is 270 g/mol. The molecule has 0 radical (unpaired) electrons. The summed E-state index contributed by atoms with van der Waals surface area (Å²) in [4.78, 5) is 22.7. The molecule has 18 heavy (non-hydrogen) atoms. The highest BCUT2D eigenvalue weighted by molar-refractivity contribution is 6.30. The summed E-state index contributed by atoms with van der Waals surface area (Å²) in [5.74, 6) is -1.39. The molecule has 0 atom stereocenters. The van der Waals surface area contributed by atoms with Crippen molar-refractivity contribution in [3.63, 3.8) is 0 Å². The first-order valence-electron chi connectivity index (χ1n) is 5.52. The van der Waals surface area contributed by atoms with Gasteiger partial charge in [-0.2, -0.15) is 0 Å². The number of aryl methyl sites for hydroxylation is 1. The number of carboxylic acid groups (broad SMARTS) is 1. The average Bonchev–Trinajstić information content (AvgIpc) is 2.21. The van der Waals surface area contributed by atoms with Crippen molar-refractivity contribution >= 4 is 23.5 Å². The maximum absolute atomic E-state index is 11.8. The molecule has 0 heterocycles. The number of carbonyl (C=O) groups is 2. The number of amides is 1. The molecule has 0 aliphatic heterocycles. The minimum Gasteiger partial charge on any atom is -0.480 e. The molecule has 1 rings (SSSR count). The van der Waals surface area contributed by atoms with Gasteiger partial charge in [-0.3, -0.25) is 4.79 Å². The van der Waals surface area contributed by atoms with Crippen molar-refractivity contribution in [3.8, 4) is 0 Å². The van der Waals surface area contributed by atoms with E-state index in [-0.39, 0.29) is 12.3 Å². The summed E-state index contributed by atoms with van der Waals surface area (Å²) >= 11 is 5.82. The van der Waals surface area contributed by atoms with Gasteiger partial charge in [0, 0.05) is 5.02 Å². The summed E-state index contributed by atoms with van der Waals surface area (Å²) in [6.07, 6.45) is 0.139. The lowest BCUT2D eigenvalue weighted by molar-refractivity contribution is -0.145. The zero-order chi connectivity index (χ0) is 13.9. The maximum Gasteiger partial charge on any atom is 0.328 e. The summed E-state index contributed by atoms with van der Waals surface area (Å²) in [6, 6.07) is 5.25. The molecule has 0 spiro atoms. The van der Waals surface area contributed by atoms with Crippen LogP contribution in [0, 0.1) is 6.92 Å². The van der Waals surface area contributed by atoms with E-state index in [1.54, 1.807) is 18.2 Å². The van der Waals surface area contributed by atoms with Crippen LogP contribution in [0.2, 0.25) is 5.02 Å². The van der Waals surface area contributed by atoms with Crippen molar-refractivity contribution in [1.29, 1.82) is 0 Å². The zero-order valence-corrected chi connectivity index (χ0v) is 11.3. The Labute approximate surface area is 111 Å². The quantitative estimate of drug-likeness (QED) is 0.880. The van der Waals surface area contributed by atoms with Crippen molar-refractivity contribution in [1.82, 2.24) is 5.32 Å². The minimum absolute atomic E-state index is 0.139. The third kappa shape index (κ3) is 3.74. The van der Waals surface area contributed by atoms with Gasteiger partial charge in [0.15, 0.2) is 0 Å². The second-order valence-electron chi connectivity index (χ2n) is 4.73. The summed E-state index contributed by atoms with van der Waals surface area (Å²) < 4.78 is 0. The number of benzene rings is 1. The maximum atomic E-state index is 11.8. The van der Waals surface area contributed by atoms with Crippen molar-refractivity contribution in [2.45, 2.75) is 32.7 Å². The first-order valence-corrected chi connectivity index (χ1v) is 5.89. The Morgan fingerprint density at radius 3 is 2.50 bits per heavy atom. The van der Waals surface area contributed by atoms with Gasteiger partial charge in [0.25, 0.3) is 0 Å². The van der Waals surface area contributed by atoms with E-state index in [0.29, 0.717) is 5.02 Å². The van der Waals surface area contributed by atoms with Gasteiger partial charge < -0.3 is 10.4 Å². The molecule has 0 aliphatic rings. The highest BCUT2D eigenvalue weighted by atomic mass is 35.5. The Kier molecular flexibility index (Phi) is 4.35. The first-order chi connectivity index (χ1) is 8.22. The van der Waals surface area contributed by atoms with Crippen LogP contribution in [-0.2, 0) is 16.0 Å². The van der Waals surface area contributed by atoms with E-state index < -0.39 is 11.5 Å². The Hall–Kier alpha value is -1.55. The summed E-state index contributed by atoms with van der Waals surface area (Å²) in [6.45, 7) is 4.75. The van der Waals surface area contributed by atoms with Gasteiger partial charge in [-0.05, 0) is 44.0 Å². The second-order valence-corrected chi connectivity index (χ2v) is 5.16. The van der Waals surface area contributed by atoms with Crippen LogP contribution in [0.4, 0.5) is 0 Å². The molecule has 1 aromatic rings. The number of carboxylic acids is 1. The molecule has 5 heteroatoms. The van der Waals surface area contributed by atoms with Crippen LogP contribution in [0.5, 0.6) is 0 Å². The monoisotopic (exact) mass is 269 g/mol. The molecule has 0 bridgehead atoms. The fraction of sp³-hybridized carbons (Fsp3) is 0.385. The smallest absolute Gasteiger partial charge is 0.328 e. The predicted octanol–water partition coefficient (Wildman–Crippen LogP) is 2.17. The van der Waals surface area contributed by atoms with Crippen molar-refractivity contribution < 1.29 is 14.7 Å². The first kappa shape index (κ1) is 14.5. The van der Waals surface area contributed by atoms with Crippen molar-refractivity contribution in [2.75, 3.05) is 0 Å². The van der Waals surface area contributed by atoms with Crippen LogP contribution >= 0.6 is 11.6 Å². The van der Waals surface area contributed by atoms with Gasteiger partial charge in [-0.25, -0.2) is 4.79 Å². The molecule has 0 saturated heterocycles. The van der Waals surface area contributed by atoms with Crippen molar-refractivity contribution in [3.05, 3.63) is 34.3 Å². The number of rotatable bonds is 4. The van der Waals surface area contributed by atoms with Gasteiger partial charge >= 0.3 is 5.97 Å². The lowest BCUT2D eigenvalue weighted by atomic mass is 10.0. The fourth-order valence-electron chi connectivity index (χ4n) is 1.48. The van der Waals surface area contributed by atoms with E-state index in [1.165, 1.54) is 13.8 Å². The molecular formula is C13H16ClNO3. The minimum atomic E-state index is -1.27. The summed E-state index contributed by atoms with van der Waals surface area (Å²) in [5.41, 5.74) is 0.473. The molecule has 0 unspecified atom stereocenters.